The Morgan fingerprint density at radius 3 is 2.56 bits per heavy atom. The molecule has 2 heterocycles. The molecule has 1 aromatic heterocycles. The Labute approximate surface area is 169 Å². The molecule has 1 aromatic rings. The zero-order valence-electron chi connectivity index (χ0n) is 16.3. The number of oxazole rings is 1. The SMILES string of the molecule is CN=C(NCCN1CCC(C)CC1)NCc1ncc(C(C)(C)C)o1.I. The molecule has 1 fully saturated rings. The van der Waals surface area contributed by atoms with E-state index in [2.05, 4.69) is 53.2 Å². The molecule has 1 aliphatic rings. The summed E-state index contributed by atoms with van der Waals surface area (Å²) in [7, 11) is 1.79. The predicted octanol–water partition coefficient (Wildman–Crippen LogP) is 2.99. The number of guanidine groups is 1. The lowest BCUT2D eigenvalue weighted by Crippen LogP contribution is -2.43. The molecular weight excluding hydrogens is 429 g/mol. The van der Waals surface area contributed by atoms with Crippen LogP contribution in [-0.2, 0) is 12.0 Å². The molecule has 0 saturated carbocycles. The van der Waals surface area contributed by atoms with Crippen molar-refractivity contribution in [1.82, 2.24) is 20.5 Å². The number of halogens is 1. The van der Waals surface area contributed by atoms with Gasteiger partial charge in [0.15, 0.2) is 5.96 Å². The minimum Gasteiger partial charge on any atom is -0.443 e. The Balaban J connectivity index is 0.00000312. The summed E-state index contributed by atoms with van der Waals surface area (Å²) in [5.41, 5.74) is -0.0168. The van der Waals surface area contributed by atoms with Crippen LogP contribution in [0.2, 0.25) is 0 Å². The molecule has 7 heteroatoms. The highest BCUT2D eigenvalue weighted by Crippen LogP contribution is 2.22. The molecule has 0 unspecified atom stereocenters. The van der Waals surface area contributed by atoms with E-state index in [0.717, 1.165) is 30.7 Å². The van der Waals surface area contributed by atoms with E-state index in [0.29, 0.717) is 12.4 Å². The van der Waals surface area contributed by atoms with Crippen molar-refractivity contribution in [1.29, 1.82) is 0 Å². The lowest BCUT2D eigenvalue weighted by molar-refractivity contribution is 0.195. The van der Waals surface area contributed by atoms with Crippen molar-refractivity contribution in [3.8, 4) is 0 Å². The normalized spacial score (nSPS) is 17.2. The number of aromatic nitrogens is 1. The van der Waals surface area contributed by atoms with Crippen LogP contribution < -0.4 is 10.6 Å². The van der Waals surface area contributed by atoms with Crippen LogP contribution >= 0.6 is 24.0 Å². The van der Waals surface area contributed by atoms with Crippen LogP contribution in [0.3, 0.4) is 0 Å². The highest BCUT2D eigenvalue weighted by Gasteiger charge is 2.19. The predicted molar refractivity (Wildman–Crippen MR) is 114 cm³/mol. The van der Waals surface area contributed by atoms with Gasteiger partial charge in [0.2, 0.25) is 5.89 Å². The lowest BCUT2D eigenvalue weighted by atomic mass is 9.94. The molecule has 0 radical (unpaired) electrons. The molecule has 25 heavy (non-hydrogen) atoms. The number of hydrogen-bond donors (Lipinski definition) is 2. The zero-order chi connectivity index (χ0) is 17.6. The number of aliphatic imine (C=N–C) groups is 1. The first-order chi connectivity index (χ1) is 11.4. The number of piperidine rings is 1. The molecule has 0 spiro atoms. The smallest absolute Gasteiger partial charge is 0.213 e. The number of nitrogens with zero attached hydrogens (tertiary/aromatic N) is 3. The molecular formula is C18H34IN5O. The largest absolute Gasteiger partial charge is 0.443 e. The average molecular weight is 463 g/mol. The second-order valence-electron chi connectivity index (χ2n) is 7.74. The van der Waals surface area contributed by atoms with Crippen LogP contribution in [0.15, 0.2) is 15.6 Å². The van der Waals surface area contributed by atoms with Crippen molar-refractivity contribution in [3.05, 3.63) is 17.8 Å². The molecule has 144 valence electrons. The van der Waals surface area contributed by atoms with Gasteiger partial charge in [0.05, 0.1) is 12.7 Å². The van der Waals surface area contributed by atoms with E-state index < -0.39 is 0 Å². The molecule has 6 nitrogen and oxygen atoms in total. The first-order valence-corrected chi connectivity index (χ1v) is 9.00. The first-order valence-electron chi connectivity index (χ1n) is 9.00. The number of likely N-dealkylation sites (tertiary alicyclic amines) is 1. The van der Waals surface area contributed by atoms with Gasteiger partial charge in [-0.1, -0.05) is 27.7 Å². The quantitative estimate of drug-likeness (QED) is 0.400. The van der Waals surface area contributed by atoms with Crippen molar-refractivity contribution in [2.24, 2.45) is 10.9 Å². The van der Waals surface area contributed by atoms with Gasteiger partial charge in [-0.2, -0.15) is 0 Å². The summed E-state index contributed by atoms with van der Waals surface area (Å²) < 4.78 is 5.79. The summed E-state index contributed by atoms with van der Waals surface area (Å²) in [5, 5.41) is 6.62. The van der Waals surface area contributed by atoms with E-state index >= 15 is 0 Å². The molecule has 1 aliphatic heterocycles. The fraction of sp³-hybridized carbons (Fsp3) is 0.778. The van der Waals surface area contributed by atoms with Gasteiger partial charge >= 0.3 is 0 Å². The van der Waals surface area contributed by atoms with Crippen LogP contribution in [0.1, 0.15) is 52.2 Å². The number of nitrogens with one attached hydrogen (secondary N) is 2. The molecule has 0 aromatic carbocycles. The highest BCUT2D eigenvalue weighted by atomic mass is 127. The zero-order valence-corrected chi connectivity index (χ0v) is 18.6. The van der Waals surface area contributed by atoms with Crippen LogP contribution in [0.5, 0.6) is 0 Å². The molecule has 0 aliphatic carbocycles. The minimum absolute atomic E-state index is 0. The van der Waals surface area contributed by atoms with E-state index in [1.807, 2.05) is 6.20 Å². The van der Waals surface area contributed by atoms with Crippen molar-refractivity contribution < 1.29 is 4.42 Å². The van der Waals surface area contributed by atoms with Gasteiger partial charge in [-0.3, -0.25) is 4.99 Å². The van der Waals surface area contributed by atoms with E-state index in [9.17, 15) is 0 Å². The topological polar surface area (TPSA) is 65.7 Å². The van der Waals surface area contributed by atoms with E-state index in [4.69, 9.17) is 4.42 Å². The second kappa shape index (κ2) is 10.4. The van der Waals surface area contributed by atoms with Gasteiger partial charge in [-0.25, -0.2) is 4.98 Å². The second-order valence-corrected chi connectivity index (χ2v) is 7.74. The van der Waals surface area contributed by atoms with Crippen LogP contribution in [0, 0.1) is 5.92 Å². The van der Waals surface area contributed by atoms with Crippen LogP contribution in [-0.4, -0.2) is 49.1 Å². The van der Waals surface area contributed by atoms with E-state index in [-0.39, 0.29) is 29.4 Å². The van der Waals surface area contributed by atoms with Gasteiger partial charge in [0.1, 0.15) is 5.76 Å². The fourth-order valence-corrected chi connectivity index (χ4v) is 2.74. The molecule has 0 atom stereocenters. The monoisotopic (exact) mass is 463 g/mol. The van der Waals surface area contributed by atoms with Gasteiger partial charge in [0.25, 0.3) is 0 Å². The Morgan fingerprint density at radius 2 is 2.00 bits per heavy atom. The Kier molecular flexibility index (Phi) is 9.20. The molecule has 0 amide bonds. The molecule has 0 bridgehead atoms. The van der Waals surface area contributed by atoms with Gasteiger partial charge in [-0.05, 0) is 31.8 Å². The van der Waals surface area contributed by atoms with Crippen molar-refractivity contribution >= 4 is 29.9 Å². The molecule has 2 rings (SSSR count). The Morgan fingerprint density at radius 1 is 1.32 bits per heavy atom. The average Bonchev–Trinajstić information content (AvgIpc) is 3.01. The summed E-state index contributed by atoms with van der Waals surface area (Å²) in [6.45, 7) is 13.6. The van der Waals surface area contributed by atoms with Crippen molar-refractivity contribution in [3.63, 3.8) is 0 Å². The summed E-state index contributed by atoms with van der Waals surface area (Å²) in [4.78, 5) is 11.1. The maximum absolute atomic E-state index is 5.79. The Hall–Kier alpha value is -0.830. The number of hydrogen-bond acceptors (Lipinski definition) is 4. The van der Waals surface area contributed by atoms with E-state index in [1.54, 1.807) is 7.05 Å². The minimum atomic E-state index is -0.0168. The van der Waals surface area contributed by atoms with Crippen molar-refractivity contribution in [2.45, 2.75) is 52.5 Å². The third-order valence-corrected chi connectivity index (χ3v) is 4.52. The fourth-order valence-electron chi connectivity index (χ4n) is 2.74. The van der Waals surface area contributed by atoms with Crippen molar-refractivity contribution in [2.75, 3.05) is 33.2 Å². The standard InChI is InChI=1S/C18H33N5O.HI/c1-14-6-9-23(10-7-14)11-8-20-17(19-5)22-13-16-21-12-15(24-16)18(2,3)4;/h12,14H,6-11,13H2,1-5H3,(H2,19,20,22);1H. The Bertz CT molecular complexity index is 530. The summed E-state index contributed by atoms with van der Waals surface area (Å²) >= 11 is 0. The highest BCUT2D eigenvalue weighted by molar-refractivity contribution is 14.0. The number of rotatable bonds is 5. The maximum Gasteiger partial charge on any atom is 0.213 e. The summed E-state index contributed by atoms with van der Waals surface area (Å²) in [6, 6.07) is 0. The summed E-state index contributed by atoms with van der Waals surface area (Å²) in [5.74, 6) is 3.26. The third-order valence-electron chi connectivity index (χ3n) is 4.52. The lowest BCUT2D eigenvalue weighted by Gasteiger charge is -2.30. The van der Waals surface area contributed by atoms with Gasteiger partial charge in [-0.15, -0.1) is 24.0 Å². The van der Waals surface area contributed by atoms with Gasteiger partial charge < -0.3 is 20.0 Å². The van der Waals surface area contributed by atoms with Crippen LogP contribution in [0.4, 0.5) is 0 Å². The molecule has 2 N–H and O–H groups in total. The third kappa shape index (κ3) is 7.52. The van der Waals surface area contributed by atoms with E-state index in [1.165, 1.54) is 25.9 Å². The maximum atomic E-state index is 5.79. The summed E-state index contributed by atoms with van der Waals surface area (Å²) in [6.07, 6.45) is 4.44. The first kappa shape index (κ1) is 22.2. The van der Waals surface area contributed by atoms with Gasteiger partial charge in [0, 0.05) is 25.6 Å². The molecule has 1 saturated heterocycles. The van der Waals surface area contributed by atoms with Crippen LogP contribution in [0.25, 0.3) is 0 Å².